The largest absolute Gasteiger partial charge is 0.461 e. The predicted octanol–water partition coefficient (Wildman–Crippen LogP) is 9.53. The molecule has 400 valence electrons. The number of nitrogens with zero attached hydrogens (tertiary/aromatic N) is 1. The number of carbonyl (C=O) groups excluding carboxylic acids is 6. The number of aryl methyl sites for hydroxylation is 1. The summed E-state index contributed by atoms with van der Waals surface area (Å²) in [6.07, 6.45) is 5.34. The molecule has 15 nitrogen and oxygen atoms in total. The third kappa shape index (κ3) is 15.7. The van der Waals surface area contributed by atoms with Crippen LogP contribution in [-0.2, 0) is 46.3 Å². The maximum absolute atomic E-state index is 14.1. The molecule has 4 N–H and O–H groups in total. The molecule has 2 unspecified atom stereocenters. The van der Waals surface area contributed by atoms with Crippen molar-refractivity contribution in [1.82, 2.24) is 20.9 Å². The lowest BCUT2D eigenvalue weighted by atomic mass is 9.43. The van der Waals surface area contributed by atoms with Gasteiger partial charge in [0.05, 0.1) is 18.4 Å². The summed E-state index contributed by atoms with van der Waals surface area (Å²) in [5, 5.41) is 21.1. The number of ether oxygens (including phenoxy) is 4. The molecule has 1 aromatic rings. The normalized spacial score (nSPS) is 29.9. The third-order valence-corrected chi connectivity index (χ3v) is 17.2. The summed E-state index contributed by atoms with van der Waals surface area (Å²) in [6, 6.07) is 8.10. The standard InChI is InChI=1S/C55H88N4O11S/c1-35-22-26-55-27-24-41(60)45(55)54(35,13)42(67-44(62)34-71-40-20-18-38(19-21-40)31-57-43(61)32-58-48(65)69-51(6,7)8)30-53(12,46(63)36(55)2)25-23-37-14-16-39(17-15-37)33-59(49(66)70-52(9,10)11)29-28-56-47(64)68-50(3,4)5/h14-17,35-36,38,40,42,45-46,63H,18-34H2,1-13H3,(H,56,64)(H,57,61)(H,58,65)/t35-,36+,38?,40?,42-,45?,46?,53+,54+,55+/m1/s1. The van der Waals surface area contributed by atoms with Crippen molar-refractivity contribution in [2.75, 3.05) is 31.9 Å². The van der Waals surface area contributed by atoms with Gasteiger partial charge in [-0.2, -0.15) is 0 Å². The maximum Gasteiger partial charge on any atom is 0.410 e. The van der Waals surface area contributed by atoms with Crippen LogP contribution in [0.25, 0.3) is 0 Å². The molecule has 0 radical (unpaired) electrons. The zero-order valence-corrected chi connectivity index (χ0v) is 46.1. The highest BCUT2D eigenvalue weighted by Gasteiger charge is 2.68. The number of amides is 4. The van der Waals surface area contributed by atoms with E-state index in [1.807, 2.05) is 32.9 Å². The number of ketones is 1. The Bertz CT molecular complexity index is 2020. The number of rotatable bonds is 16. The molecule has 0 aromatic heterocycles. The molecule has 71 heavy (non-hydrogen) atoms. The summed E-state index contributed by atoms with van der Waals surface area (Å²) in [7, 11) is 0. The van der Waals surface area contributed by atoms with Gasteiger partial charge in [-0.3, -0.25) is 14.4 Å². The molecule has 4 fully saturated rings. The number of hydrogen-bond acceptors (Lipinski definition) is 12. The van der Waals surface area contributed by atoms with Gasteiger partial charge >= 0.3 is 24.2 Å². The lowest BCUT2D eigenvalue weighted by Gasteiger charge is -2.62. The van der Waals surface area contributed by atoms with E-state index in [9.17, 15) is 33.9 Å². The first-order chi connectivity index (χ1) is 32.9. The number of carbonyl (C=O) groups is 6. The smallest absolute Gasteiger partial charge is 0.410 e. The first-order valence-corrected chi connectivity index (χ1v) is 27.3. The van der Waals surface area contributed by atoms with Crippen LogP contribution in [0.4, 0.5) is 14.4 Å². The second kappa shape index (κ2) is 23.4. The van der Waals surface area contributed by atoms with Crippen LogP contribution >= 0.6 is 11.8 Å². The molecule has 2 bridgehead atoms. The van der Waals surface area contributed by atoms with E-state index < -0.39 is 58.1 Å². The molecule has 5 rings (SSSR count). The molecule has 1 aromatic carbocycles. The summed E-state index contributed by atoms with van der Waals surface area (Å²) in [5.74, 6) is -0.127. The summed E-state index contributed by atoms with van der Waals surface area (Å²) in [4.78, 5) is 79.9. The van der Waals surface area contributed by atoms with E-state index in [4.69, 9.17) is 18.9 Å². The number of benzene rings is 1. The second-order valence-corrected chi connectivity index (χ2v) is 26.1. The van der Waals surface area contributed by atoms with Crippen LogP contribution in [0.3, 0.4) is 0 Å². The van der Waals surface area contributed by atoms with Crippen molar-refractivity contribution in [3.05, 3.63) is 35.4 Å². The number of alkyl carbamates (subject to hydrolysis) is 2. The molecule has 0 saturated heterocycles. The van der Waals surface area contributed by atoms with E-state index in [0.717, 1.165) is 56.1 Å². The van der Waals surface area contributed by atoms with Gasteiger partial charge in [-0.05, 0) is 166 Å². The SMILES string of the molecule is C[C@@H]1CC[C@@]23CCC(=O)C2[C@]1(C)[C@H](OC(=O)CSC1CCC(CNC(=O)CNC(=O)OC(C)(C)C)CC1)C[C@](C)(CCc1ccc(CN(CCNC(=O)OC(C)(C)C)C(=O)OC(C)(C)C)cc1)C(O)[C@@H]3C. The number of hydrogen-bond donors (Lipinski definition) is 4. The van der Waals surface area contributed by atoms with Crippen LogP contribution in [0.15, 0.2) is 24.3 Å². The average molecular weight is 1010 g/mol. The van der Waals surface area contributed by atoms with Crippen molar-refractivity contribution in [3.8, 4) is 0 Å². The lowest BCUT2D eigenvalue weighted by molar-refractivity contribution is -0.211. The Labute approximate surface area is 428 Å². The van der Waals surface area contributed by atoms with Crippen molar-refractivity contribution < 1.29 is 52.8 Å². The number of thioether (sulfide) groups is 1. The first kappa shape index (κ1) is 57.8. The Morgan fingerprint density at radius 2 is 1.38 bits per heavy atom. The predicted molar refractivity (Wildman–Crippen MR) is 276 cm³/mol. The minimum atomic E-state index is -0.735. The molecule has 0 aliphatic heterocycles. The minimum Gasteiger partial charge on any atom is -0.461 e. The fraction of sp³-hybridized carbons (Fsp3) is 0.782. The highest BCUT2D eigenvalue weighted by Crippen LogP contribution is 2.68. The number of aliphatic hydroxyl groups is 1. The fourth-order valence-corrected chi connectivity index (χ4v) is 12.9. The van der Waals surface area contributed by atoms with Crippen molar-refractivity contribution in [2.45, 2.75) is 201 Å². The highest BCUT2D eigenvalue weighted by atomic mass is 32.2. The van der Waals surface area contributed by atoms with E-state index in [0.29, 0.717) is 38.1 Å². The Kier molecular flexibility index (Phi) is 19.1. The molecule has 4 amide bonds. The van der Waals surface area contributed by atoms with Gasteiger partial charge < -0.3 is 44.9 Å². The Morgan fingerprint density at radius 3 is 1.99 bits per heavy atom. The van der Waals surface area contributed by atoms with E-state index >= 15 is 0 Å². The van der Waals surface area contributed by atoms with Crippen LogP contribution in [0.2, 0.25) is 0 Å². The molecule has 4 aliphatic carbocycles. The molecule has 0 spiro atoms. The zero-order chi connectivity index (χ0) is 52.7. The first-order valence-electron chi connectivity index (χ1n) is 26.2. The molecular formula is C55H88N4O11S. The average Bonchev–Trinajstić information content (AvgIpc) is 3.62. The van der Waals surface area contributed by atoms with Crippen molar-refractivity contribution in [2.24, 2.45) is 39.9 Å². The Balaban J connectivity index is 1.23. The second-order valence-electron chi connectivity index (χ2n) is 24.8. The number of nitrogens with one attached hydrogen (secondary N) is 3. The van der Waals surface area contributed by atoms with Gasteiger partial charge in [0.2, 0.25) is 5.91 Å². The van der Waals surface area contributed by atoms with Crippen LogP contribution in [0, 0.1) is 39.9 Å². The Hall–Kier alpha value is -4.05. The molecule has 0 heterocycles. The minimum absolute atomic E-state index is 0.129. The van der Waals surface area contributed by atoms with Gasteiger partial charge in [-0.15, -0.1) is 11.8 Å². The summed E-state index contributed by atoms with van der Waals surface area (Å²) in [5.41, 5.74) is -1.67. The van der Waals surface area contributed by atoms with E-state index in [1.54, 1.807) is 58.2 Å². The fourth-order valence-electron chi connectivity index (χ4n) is 11.9. The Morgan fingerprint density at radius 1 is 0.789 bits per heavy atom. The quantitative estimate of drug-likeness (QED) is 0.0905. The van der Waals surface area contributed by atoms with Gasteiger partial charge in [0.25, 0.3) is 0 Å². The van der Waals surface area contributed by atoms with Crippen LogP contribution in [0.5, 0.6) is 0 Å². The van der Waals surface area contributed by atoms with Crippen LogP contribution < -0.4 is 16.0 Å². The van der Waals surface area contributed by atoms with Gasteiger partial charge in [0.1, 0.15) is 28.7 Å². The van der Waals surface area contributed by atoms with Gasteiger partial charge in [0.15, 0.2) is 0 Å². The van der Waals surface area contributed by atoms with E-state index in [1.165, 1.54) is 0 Å². The van der Waals surface area contributed by atoms with Crippen LogP contribution in [0.1, 0.15) is 165 Å². The summed E-state index contributed by atoms with van der Waals surface area (Å²) < 4.78 is 23.0. The van der Waals surface area contributed by atoms with E-state index in [2.05, 4.69) is 55.8 Å². The summed E-state index contributed by atoms with van der Waals surface area (Å²) in [6.45, 7) is 25.8. The topological polar surface area (TPSA) is 199 Å². The van der Waals surface area contributed by atoms with Gasteiger partial charge in [-0.25, -0.2) is 14.4 Å². The molecule has 4 aliphatic rings. The van der Waals surface area contributed by atoms with Crippen molar-refractivity contribution in [1.29, 1.82) is 0 Å². The summed E-state index contributed by atoms with van der Waals surface area (Å²) >= 11 is 1.62. The third-order valence-electron chi connectivity index (χ3n) is 15.9. The number of aliphatic hydroxyl groups excluding tert-OH is 1. The number of Topliss-reactive ketones (excluding diaryl/α,β-unsaturated/α-hetero) is 1. The van der Waals surface area contributed by atoms with Gasteiger partial charge in [0, 0.05) is 49.2 Å². The van der Waals surface area contributed by atoms with Crippen molar-refractivity contribution >= 4 is 47.7 Å². The molecule has 4 saturated carbocycles. The van der Waals surface area contributed by atoms with Crippen molar-refractivity contribution in [3.63, 3.8) is 0 Å². The maximum atomic E-state index is 14.1. The van der Waals surface area contributed by atoms with Crippen LogP contribution in [-0.4, -0.2) is 112 Å². The lowest BCUT2D eigenvalue weighted by Crippen LogP contribution is -2.63. The molecule has 16 heteroatoms. The number of esters is 1. The molecule has 8 atom stereocenters. The monoisotopic (exact) mass is 1010 g/mol. The van der Waals surface area contributed by atoms with Gasteiger partial charge in [-0.1, -0.05) is 52.0 Å². The zero-order valence-electron chi connectivity index (χ0n) is 45.3. The highest BCUT2D eigenvalue weighted by molar-refractivity contribution is 8.00. The van der Waals surface area contributed by atoms with E-state index in [-0.39, 0.29) is 78.0 Å². The molecular weight excluding hydrogens is 925 g/mol.